The van der Waals surface area contributed by atoms with Crippen LogP contribution in [0.3, 0.4) is 0 Å². The molecule has 0 amide bonds. The molecule has 0 saturated carbocycles. The van der Waals surface area contributed by atoms with Crippen LogP contribution < -0.4 is 10.6 Å². The van der Waals surface area contributed by atoms with Gasteiger partial charge in [0.05, 0.1) is 18.2 Å². The SMILES string of the molecule is N#Cc1ccc(OCCCSc2nnc(-c3cccc(Cl)c3)n2N)cc1. The quantitative estimate of drug-likeness (QED) is 0.378. The summed E-state index contributed by atoms with van der Waals surface area (Å²) in [5, 5.41) is 18.3. The third-order valence-electron chi connectivity index (χ3n) is 3.52. The molecule has 0 radical (unpaired) electrons. The van der Waals surface area contributed by atoms with Crippen molar-refractivity contribution in [1.29, 1.82) is 5.26 Å². The lowest BCUT2D eigenvalue weighted by Gasteiger charge is -2.06. The van der Waals surface area contributed by atoms with Crippen LogP contribution in [0.15, 0.2) is 53.7 Å². The molecular formula is C18H16ClN5OS. The number of ether oxygens (including phenoxy) is 1. The van der Waals surface area contributed by atoms with Crippen molar-refractivity contribution < 1.29 is 4.74 Å². The largest absolute Gasteiger partial charge is 0.494 e. The molecule has 0 fully saturated rings. The molecular weight excluding hydrogens is 370 g/mol. The lowest BCUT2D eigenvalue weighted by molar-refractivity contribution is 0.318. The van der Waals surface area contributed by atoms with Crippen LogP contribution in [0.4, 0.5) is 0 Å². The third-order valence-corrected chi connectivity index (χ3v) is 4.78. The number of halogens is 1. The van der Waals surface area contributed by atoms with Crippen LogP contribution in [-0.2, 0) is 0 Å². The van der Waals surface area contributed by atoms with Gasteiger partial charge in [-0.3, -0.25) is 0 Å². The third kappa shape index (κ3) is 4.48. The summed E-state index contributed by atoms with van der Waals surface area (Å²) in [7, 11) is 0. The second kappa shape index (κ2) is 8.61. The van der Waals surface area contributed by atoms with E-state index in [1.807, 2.05) is 12.1 Å². The topological polar surface area (TPSA) is 89.8 Å². The maximum Gasteiger partial charge on any atom is 0.210 e. The van der Waals surface area contributed by atoms with E-state index >= 15 is 0 Å². The van der Waals surface area contributed by atoms with Crippen molar-refractivity contribution >= 4 is 23.4 Å². The van der Waals surface area contributed by atoms with Gasteiger partial charge in [-0.1, -0.05) is 35.5 Å². The van der Waals surface area contributed by atoms with Gasteiger partial charge in [0.15, 0.2) is 5.82 Å². The minimum absolute atomic E-state index is 0.568. The zero-order chi connectivity index (χ0) is 18.4. The van der Waals surface area contributed by atoms with Gasteiger partial charge in [-0.05, 0) is 42.8 Å². The zero-order valence-electron chi connectivity index (χ0n) is 13.8. The molecule has 0 spiro atoms. The number of hydrogen-bond donors (Lipinski definition) is 1. The van der Waals surface area contributed by atoms with Crippen molar-refractivity contribution in [3.8, 4) is 23.2 Å². The molecule has 26 heavy (non-hydrogen) atoms. The highest BCUT2D eigenvalue weighted by Crippen LogP contribution is 2.24. The molecule has 0 bridgehead atoms. The number of thioether (sulfide) groups is 1. The molecule has 6 nitrogen and oxygen atoms in total. The summed E-state index contributed by atoms with van der Waals surface area (Å²) in [6.45, 7) is 0.568. The van der Waals surface area contributed by atoms with Crippen LogP contribution in [0.25, 0.3) is 11.4 Å². The Labute approximate surface area is 160 Å². The highest BCUT2D eigenvalue weighted by molar-refractivity contribution is 7.99. The van der Waals surface area contributed by atoms with Gasteiger partial charge in [0, 0.05) is 16.3 Å². The minimum Gasteiger partial charge on any atom is -0.494 e. The highest BCUT2D eigenvalue weighted by Gasteiger charge is 2.12. The first-order valence-electron chi connectivity index (χ1n) is 7.89. The molecule has 0 aliphatic heterocycles. The first kappa shape index (κ1) is 18.1. The predicted molar refractivity (Wildman–Crippen MR) is 103 cm³/mol. The average molecular weight is 386 g/mol. The van der Waals surface area contributed by atoms with E-state index in [0.29, 0.717) is 28.2 Å². The number of nitrogens with zero attached hydrogens (tertiary/aromatic N) is 4. The van der Waals surface area contributed by atoms with E-state index in [-0.39, 0.29) is 0 Å². The van der Waals surface area contributed by atoms with Crippen molar-refractivity contribution in [2.75, 3.05) is 18.2 Å². The normalized spacial score (nSPS) is 10.5. The Bertz CT molecular complexity index is 920. The van der Waals surface area contributed by atoms with E-state index in [0.717, 1.165) is 23.5 Å². The van der Waals surface area contributed by atoms with Gasteiger partial charge in [0.2, 0.25) is 5.16 Å². The molecule has 0 unspecified atom stereocenters. The standard InChI is InChI=1S/C18H16ClN5OS/c19-15-4-1-3-14(11-15)17-22-23-18(24(17)21)26-10-2-9-25-16-7-5-13(12-20)6-8-16/h1,3-8,11H,2,9-10,21H2. The number of aromatic nitrogens is 3. The van der Waals surface area contributed by atoms with E-state index < -0.39 is 0 Å². The predicted octanol–water partition coefficient (Wildman–Crippen LogP) is 3.75. The lowest BCUT2D eigenvalue weighted by atomic mass is 10.2. The Morgan fingerprint density at radius 3 is 2.73 bits per heavy atom. The van der Waals surface area contributed by atoms with Crippen molar-refractivity contribution in [1.82, 2.24) is 14.9 Å². The summed E-state index contributed by atoms with van der Waals surface area (Å²) in [5.74, 6) is 8.20. The van der Waals surface area contributed by atoms with Gasteiger partial charge in [-0.2, -0.15) is 5.26 Å². The van der Waals surface area contributed by atoms with Crippen molar-refractivity contribution in [2.45, 2.75) is 11.6 Å². The van der Waals surface area contributed by atoms with Gasteiger partial charge >= 0.3 is 0 Å². The number of nitrogens with two attached hydrogens (primary N) is 1. The van der Waals surface area contributed by atoms with Crippen LogP contribution in [0.5, 0.6) is 5.75 Å². The molecule has 2 N–H and O–H groups in total. The molecule has 1 heterocycles. The number of hydrogen-bond acceptors (Lipinski definition) is 6. The molecule has 8 heteroatoms. The van der Waals surface area contributed by atoms with Crippen LogP contribution >= 0.6 is 23.4 Å². The molecule has 0 saturated heterocycles. The van der Waals surface area contributed by atoms with E-state index in [4.69, 9.17) is 27.4 Å². The fourth-order valence-electron chi connectivity index (χ4n) is 2.24. The molecule has 0 aliphatic carbocycles. The molecule has 3 rings (SSSR count). The van der Waals surface area contributed by atoms with Gasteiger partial charge in [0.1, 0.15) is 5.75 Å². The average Bonchev–Trinajstić information content (AvgIpc) is 3.02. The smallest absolute Gasteiger partial charge is 0.210 e. The second-order valence-electron chi connectivity index (χ2n) is 5.37. The van der Waals surface area contributed by atoms with Crippen molar-refractivity contribution in [3.63, 3.8) is 0 Å². The number of nitriles is 1. The lowest BCUT2D eigenvalue weighted by Crippen LogP contribution is -2.11. The Morgan fingerprint density at radius 1 is 1.19 bits per heavy atom. The first-order chi connectivity index (χ1) is 12.7. The van der Waals surface area contributed by atoms with Crippen molar-refractivity contribution in [2.24, 2.45) is 0 Å². The number of benzene rings is 2. The van der Waals surface area contributed by atoms with Crippen LogP contribution in [-0.4, -0.2) is 27.2 Å². The van der Waals surface area contributed by atoms with Crippen LogP contribution in [0.1, 0.15) is 12.0 Å². The molecule has 132 valence electrons. The van der Waals surface area contributed by atoms with Crippen LogP contribution in [0.2, 0.25) is 5.02 Å². The van der Waals surface area contributed by atoms with Gasteiger partial charge in [-0.25, -0.2) is 4.68 Å². The van der Waals surface area contributed by atoms with Gasteiger partial charge in [-0.15, -0.1) is 10.2 Å². The fraction of sp³-hybridized carbons (Fsp3) is 0.167. The Morgan fingerprint density at radius 2 is 2.00 bits per heavy atom. The van der Waals surface area contributed by atoms with E-state index in [9.17, 15) is 0 Å². The van der Waals surface area contributed by atoms with E-state index in [1.165, 1.54) is 16.4 Å². The zero-order valence-corrected chi connectivity index (χ0v) is 15.4. The van der Waals surface area contributed by atoms with E-state index in [1.54, 1.807) is 36.4 Å². The summed E-state index contributed by atoms with van der Waals surface area (Å²) in [5.41, 5.74) is 1.44. The molecule has 1 aromatic heterocycles. The van der Waals surface area contributed by atoms with E-state index in [2.05, 4.69) is 16.3 Å². The molecule has 0 aliphatic rings. The summed E-state index contributed by atoms with van der Waals surface area (Å²) in [6, 6.07) is 16.5. The molecule has 0 atom stereocenters. The Hall–Kier alpha value is -2.69. The highest BCUT2D eigenvalue weighted by atomic mass is 35.5. The summed E-state index contributed by atoms with van der Waals surface area (Å²) in [6.07, 6.45) is 0.823. The monoisotopic (exact) mass is 385 g/mol. The van der Waals surface area contributed by atoms with Crippen LogP contribution in [0, 0.1) is 11.3 Å². The number of nitrogen functional groups attached to an aromatic ring is 1. The Balaban J connectivity index is 1.49. The van der Waals surface area contributed by atoms with Gasteiger partial charge < -0.3 is 10.6 Å². The molecule has 2 aromatic carbocycles. The van der Waals surface area contributed by atoms with Crippen molar-refractivity contribution in [3.05, 3.63) is 59.1 Å². The minimum atomic E-state index is 0.568. The number of rotatable bonds is 7. The van der Waals surface area contributed by atoms with Gasteiger partial charge in [0.25, 0.3) is 0 Å². The summed E-state index contributed by atoms with van der Waals surface area (Å²) in [4.78, 5) is 0. The fourth-order valence-corrected chi connectivity index (χ4v) is 3.20. The maximum atomic E-state index is 8.77. The maximum absolute atomic E-state index is 8.77. The first-order valence-corrected chi connectivity index (χ1v) is 9.26. The second-order valence-corrected chi connectivity index (χ2v) is 6.87. The summed E-state index contributed by atoms with van der Waals surface area (Å²) < 4.78 is 7.12. The Kier molecular flexibility index (Phi) is 6.00. The summed E-state index contributed by atoms with van der Waals surface area (Å²) >= 11 is 7.52. The molecule has 3 aromatic rings.